The fourth-order valence-corrected chi connectivity index (χ4v) is 2.85. The molecule has 0 saturated heterocycles. The molecule has 25 heavy (non-hydrogen) atoms. The Morgan fingerprint density at radius 2 is 2.12 bits per heavy atom. The van der Waals surface area contributed by atoms with E-state index >= 15 is 0 Å². The summed E-state index contributed by atoms with van der Waals surface area (Å²) < 4.78 is 15.9. The van der Waals surface area contributed by atoms with E-state index in [1.165, 1.54) is 0 Å². The third kappa shape index (κ3) is 3.00. The Hall–Kier alpha value is -2.73. The molecule has 130 valence electrons. The molecule has 1 aromatic carbocycles. The lowest BCUT2D eigenvalue weighted by atomic mass is 10.1. The van der Waals surface area contributed by atoms with Gasteiger partial charge in [0.05, 0.1) is 30.5 Å². The Labute approximate surface area is 149 Å². The minimum Gasteiger partial charge on any atom is -0.496 e. The van der Waals surface area contributed by atoms with Crippen molar-refractivity contribution in [1.29, 1.82) is 0 Å². The smallest absolute Gasteiger partial charge is 0.376 e. The number of methoxy groups -OCH3 is 1. The second kappa shape index (κ2) is 6.64. The predicted molar refractivity (Wildman–Crippen MR) is 96.1 cm³/mol. The molecule has 2 aromatic heterocycles. The molecule has 3 aromatic rings. The second-order valence-electron chi connectivity index (χ2n) is 5.41. The number of carbonyl (C=O) groups is 1. The van der Waals surface area contributed by atoms with Crippen LogP contribution in [0, 0.1) is 6.92 Å². The number of nitrogens with two attached hydrogens (primary N) is 1. The van der Waals surface area contributed by atoms with E-state index < -0.39 is 5.97 Å². The standard InChI is InChI=1S/C18H17ClN2O4/c1-4-24-18(22)16-15(20)14-9(2)7-12(21-17(14)25-16)11-8-10(19)5-6-13(11)23-3/h5-8H,4,20H2,1-3H3. The largest absolute Gasteiger partial charge is 0.496 e. The minimum absolute atomic E-state index is 0.0392. The van der Waals surface area contributed by atoms with Gasteiger partial charge in [0.2, 0.25) is 11.5 Å². The van der Waals surface area contributed by atoms with E-state index in [0.29, 0.717) is 27.4 Å². The maximum absolute atomic E-state index is 12.0. The molecule has 2 heterocycles. The number of anilines is 1. The molecule has 0 unspecified atom stereocenters. The van der Waals surface area contributed by atoms with Crippen LogP contribution in [0.25, 0.3) is 22.4 Å². The van der Waals surface area contributed by atoms with Crippen molar-refractivity contribution in [3.63, 3.8) is 0 Å². The summed E-state index contributed by atoms with van der Waals surface area (Å²) in [5.41, 5.74) is 8.69. The van der Waals surface area contributed by atoms with Gasteiger partial charge in [0.25, 0.3) is 0 Å². The van der Waals surface area contributed by atoms with Crippen molar-refractivity contribution in [3.05, 3.63) is 40.6 Å². The molecule has 0 aliphatic rings. The zero-order valence-corrected chi connectivity index (χ0v) is 14.8. The molecule has 0 aliphatic carbocycles. The molecule has 7 heteroatoms. The van der Waals surface area contributed by atoms with Gasteiger partial charge in [-0.3, -0.25) is 0 Å². The molecule has 0 fully saturated rings. The number of nitrogens with zero attached hydrogens (tertiary/aromatic N) is 1. The highest BCUT2D eigenvalue weighted by Gasteiger charge is 2.23. The molecular weight excluding hydrogens is 344 g/mol. The van der Waals surface area contributed by atoms with E-state index in [2.05, 4.69) is 4.98 Å². The summed E-state index contributed by atoms with van der Waals surface area (Å²) in [6, 6.07) is 7.10. The van der Waals surface area contributed by atoms with E-state index in [1.54, 1.807) is 32.2 Å². The third-order valence-corrected chi connectivity index (χ3v) is 4.03. The van der Waals surface area contributed by atoms with Gasteiger partial charge in [-0.2, -0.15) is 0 Å². The lowest BCUT2D eigenvalue weighted by Crippen LogP contribution is -2.05. The molecule has 0 atom stereocenters. The number of benzene rings is 1. The van der Waals surface area contributed by atoms with E-state index in [-0.39, 0.29) is 23.8 Å². The number of esters is 1. The third-order valence-electron chi connectivity index (χ3n) is 3.79. The highest BCUT2D eigenvalue weighted by molar-refractivity contribution is 6.31. The number of pyridine rings is 1. The first-order valence-corrected chi connectivity index (χ1v) is 8.04. The monoisotopic (exact) mass is 360 g/mol. The number of ether oxygens (including phenoxy) is 2. The molecule has 0 aliphatic heterocycles. The summed E-state index contributed by atoms with van der Waals surface area (Å²) in [5.74, 6) is -0.0252. The number of furan rings is 1. The van der Waals surface area contributed by atoms with Gasteiger partial charge in [0, 0.05) is 10.6 Å². The number of nitrogen functional groups attached to an aromatic ring is 1. The normalized spacial score (nSPS) is 10.9. The number of fused-ring (bicyclic) bond motifs is 1. The minimum atomic E-state index is -0.612. The van der Waals surface area contributed by atoms with Crippen molar-refractivity contribution in [2.45, 2.75) is 13.8 Å². The molecule has 0 bridgehead atoms. The average Bonchev–Trinajstić information content (AvgIpc) is 2.92. The van der Waals surface area contributed by atoms with Gasteiger partial charge in [0.1, 0.15) is 5.75 Å². The van der Waals surface area contributed by atoms with Crippen LogP contribution < -0.4 is 10.5 Å². The molecule has 0 saturated carbocycles. The van der Waals surface area contributed by atoms with E-state index in [0.717, 1.165) is 5.56 Å². The number of carbonyl (C=O) groups excluding carboxylic acids is 1. The topological polar surface area (TPSA) is 87.6 Å². The first-order valence-electron chi connectivity index (χ1n) is 7.66. The van der Waals surface area contributed by atoms with E-state index in [9.17, 15) is 4.79 Å². The number of hydrogen-bond donors (Lipinski definition) is 1. The summed E-state index contributed by atoms with van der Waals surface area (Å²) in [5, 5.41) is 1.15. The lowest BCUT2D eigenvalue weighted by Gasteiger charge is -2.09. The predicted octanol–water partition coefficient (Wildman–Crippen LogP) is 4.22. The van der Waals surface area contributed by atoms with Gasteiger partial charge in [-0.05, 0) is 43.7 Å². The average molecular weight is 361 g/mol. The fourth-order valence-electron chi connectivity index (χ4n) is 2.68. The summed E-state index contributed by atoms with van der Waals surface area (Å²) in [4.78, 5) is 16.5. The Bertz CT molecular complexity index is 965. The lowest BCUT2D eigenvalue weighted by molar-refractivity contribution is 0.0494. The Morgan fingerprint density at radius 1 is 1.36 bits per heavy atom. The number of halogens is 1. The second-order valence-corrected chi connectivity index (χ2v) is 5.85. The van der Waals surface area contributed by atoms with Crippen LogP contribution in [0.2, 0.25) is 5.02 Å². The molecule has 0 radical (unpaired) electrons. The highest BCUT2D eigenvalue weighted by atomic mass is 35.5. The summed E-state index contributed by atoms with van der Waals surface area (Å²) >= 11 is 6.10. The number of aromatic nitrogens is 1. The first-order chi connectivity index (χ1) is 12.0. The van der Waals surface area contributed by atoms with E-state index in [1.807, 2.05) is 13.0 Å². The number of aryl methyl sites for hydroxylation is 1. The SMILES string of the molecule is CCOC(=O)c1oc2nc(-c3cc(Cl)ccc3OC)cc(C)c2c1N. The van der Waals surface area contributed by atoms with Gasteiger partial charge in [0.15, 0.2) is 0 Å². The zero-order valence-electron chi connectivity index (χ0n) is 14.1. The van der Waals surface area contributed by atoms with Gasteiger partial charge in [-0.1, -0.05) is 11.6 Å². The van der Waals surface area contributed by atoms with Crippen molar-refractivity contribution < 1.29 is 18.7 Å². The molecular formula is C18H17ClN2O4. The van der Waals surface area contributed by atoms with Gasteiger partial charge in [-0.25, -0.2) is 9.78 Å². The van der Waals surface area contributed by atoms with Crippen molar-refractivity contribution in [1.82, 2.24) is 4.98 Å². The van der Waals surface area contributed by atoms with Crippen LogP contribution in [0.15, 0.2) is 28.7 Å². The number of rotatable bonds is 4. The van der Waals surface area contributed by atoms with Crippen molar-refractivity contribution >= 4 is 34.4 Å². The maximum Gasteiger partial charge on any atom is 0.376 e. The van der Waals surface area contributed by atoms with Crippen LogP contribution in [-0.2, 0) is 4.74 Å². The van der Waals surface area contributed by atoms with Crippen molar-refractivity contribution in [2.24, 2.45) is 0 Å². The molecule has 3 rings (SSSR count). The number of hydrogen-bond acceptors (Lipinski definition) is 6. The summed E-state index contributed by atoms with van der Waals surface area (Å²) in [6.45, 7) is 3.81. The van der Waals surface area contributed by atoms with Crippen LogP contribution in [-0.4, -0.2) is 24.7 Å². The molecule has 2 N–H and O–H groups in total. The Kier molecular flexibility index (Phi) is 4.55. The molecule has 0 amide bonds. The molecule has 0 spiro atoms. The highest BCUT2D eigenvalue weighted by Crippen LogP contribution is 2.36. The van der Waals surface area contributed by atoms with E-state index in [4.69, 9.17) is 31.2 Å². The fraction of sp³-hybridized carbons (Fsp3) is 0.222. The zero-order chi connectivity index (χ0) is 18.1. The van der Waals surface area contributed by atoms with Crippen LogP contribution in [0.5, 0.6) is 5.75 Å². The summed E-state index contributed by atoms with van der Waals surface area (Å²) in [7, 11) is 1.57. The van der Waals surface area contributed by atoms with Gasteiger partial charge >= 0.3 is 5.97 Å². The maximum atomic E-state index is 12.0. The first kappa shape index (κ1) is 17.1. The van der Waals surface area contributed by atoms with Gasteiger partial charge in [-0.15, -0.1) is 0 Å². The quantitative estimate of drug-likeness (QED) is 0.701. The van der Waals surface area contributed by atoms with Crippen molar-refractivity contribution in [3.8, 4) is 17.0 Å². The van der Waals surface area contributed by atoms with Crippen LogP contribution >= 0.6 is 11.6 Å². The van der Waals surface area contributed by atoms with Crippen LogP contribution in [0.1, 0.15) is 23.0 Å². The van der Waals surface area contributed by atoms with Crippen molar-refractivity contribution in [2.75, 3.05) is 19.5 Å². The van der Waals surface area contributed by atoms with Crippen LogP contribution in [0.3, 0.4) is 0 Å². The Morgan fingerprint density at radius 3 is 2.80 bits per heavy atom. The molecule has 6 nitrogen and oxygen atoms in total. The van der Waals surface area contributed by atoms with Crippen LogP contribution in [0.4, 0.5) is 5.69 Å². The summed E-state index contributed by atoms with van der Waals surface area (Å²) in [6.07, 6.45) is 0. The Balaban J connectivity index is 2.21. The van der Waals surface area contributed by atoms with Gasteiger partial charge < -0.3 is 19.6 Å².